The Bertz CT molecular complexity index is 787. The maximum atomic E-state index is 12.9. The van der Waals surface area contributed by atoms with Gasteiger partial charge in [-0.15, -0.1) is 0 Å². The first-order valence-electron chi connectivity index (χ1n) is 8.95. The monoisotopic (exact) mass is 334 g/mol. The van der Waals surface area contributed by atoms with Gasteiger partial charge in [0.15, 0.2) is 0 Å². The van der Waals surface area contributed by atoms with E-state index in [1.165, 1.54) is 5.56 Å². The Morgan fingerprint density at radius 3 is 2.60 bits per heavy atom. The van der Waals surface area contributed by atoms with Crippen molar-refractivity contribution in [2.24, 2.45) is 11.8 Å². The van der Waals surface area contributed by atoms with Gasteiger partial charge in [-0.05, 0) is 36.5 Å². The van der Waals surface area contributed by atoms with Crippen LogP contribution in [0.4, 0.5) is 5.69 Å². The van der Waals surface area contributed by atoms with Crippen LogP contribution < -0.4 is 10.2 Å². The summed E-state index contributed by atoms with van der Waals surface area (Å²) in [4.78, 5) is 27.1. The SMILES string of the molecule is O=C(NCc1ccccc1)C1CC1C(=O)N1CCCc2ccccc21. The fraction of sp³-hybridized carbons (Fsp3) is 0.333. The molecular formula is C21H22N2O2. The molecule has 1 N–H and O–H groups in total. The van der Waals surface area contributed by atoms with Gasteiger partial charge in [-0.2, -0.15) is 0 Å². The van der Waals surface area contributed by atoms with Crippen LogP contribution in [0.1, 0.15) is 24.0 Å². The van der Waals surface area contributed by atoms with Gasteiger partial charge >= 0.3 is 0 Å². The van der Waals surface area contributed by atoms with Gasteiger partial charge in [-0.25, -0.2) is 0 Å². The summed E-state index contributed by atoms with van der Waals surface area (Å²) in [7, 11) is 0. The fourth-order valence-corrected chi connectivity index (χ4v) is 3.64. The highest BCUT2D eigenvalue weighted by Gasteiger charge is 2.49. The minimum atomic E-state index is -0.176. The van der Waals surface area contributed by atoms with Crippen molar-refractivity contribution in [1.82, 2.24) is 5.32 Å². The molecule has 1 saturated carbocycles. The summed E-state index contributed by atoms with van der Waals surface area (Å²) in [5.41, 5.74) is 3.33. The number of amides is 2. The van der Waals surface area contributed by atoms with Gasteiger partial charge in [0.25, 0.3) is 0 Å². The van der Waals surface area contributed by atoms with Crippen molar-refractivity contribution < 1.29 is 9.59 Å². The molecular weight excluding hydrogens is 312 g/mol. The van der Waals surface area contributed by atoms with Crippen LogP contribution in [-0.2, 0) is 22.6 Å². The lowest BCUT2D eigenvalue weighted by atomic mass is 10.0. The molecule has 1 aliphatic carbocycles. The van der Waals surface area contributed by atoms with Crippen molar-refractivity contribution in [1.29, 1.82) is 0 Å². The van der Waals surface area contributed by atoms with Gasteiger partial charge in [-0.1, -0.05) is 48.5 Å². The molecule has 4 rings (SSSR count). The number of nitrogens with zero attached hydrogens (tertiary/aromatic N) is 1. The lowest BCUT2D eigenvalue weighted by molar-refractivity contribution is -0.126. The van der Waals surface area contributed by atoms with Crippen LogP contribution in [0.2, 0.25) is 0 Å². The Morgan fingerprint density at radius 2 is 1.76 bits per heavy atom. The number of rotatable bonds is 4. The topological polar surface area (TPSA) is 49.4 Å². The average Bonchev–Trinajstić information content (AvgIpc) is 3.47. The molecule has 0 bridgehead atoms. The number of hydrogen-bond donors (Lipinski definition) is 1. The van der Waals surface area contributed by atoms with Crippen molar-refractivity contribution in [3.05, 3.63) is 65.7 Å². The molecule has 128 valence electrons. The van der Waals surface area contributed by atoms with Gasteiger partial charge in [-0.3, -0.25) is 9.59 Å². The molecule has 2 aromatic rings. The van der Waals surface area contributed by atoms with Gasteiger partial charge in [0, 0.05) is 18.8 Å². The summed E-state index contributed by atoms with van der Waals surface area (Å²) in [5, 5.41) is 2.96. The van der Waals surface area contributed by atoms with Crippen LogP contribution in [0.15, 0.2) is 54.6 Å². The smallest absolute Gasteiger partial charge is 0.230 e. The number of fused-ring (bicyclic) bond motifs is 1. The number of benzene rings is 2. The maximum Gasteiger partial charge on any atom is 0.230 e. The van der Waals surface area contributed by atoms with Crippen molar-refractivity contribution in [3.63, 3.8) is 0 Å². The molecule has 1 aliphatic heterocycles. The predicted octanol–water partition coefficient (Wildman–Crippen LogP) is 2.92. The molecule has 2 aromatic carbocycles. The molecule has 2 amide bonds. The largest absolute Gasteiger partial charge is 0.352 e. The first-order valence-corrected chi connectivity index (χ1v) is 8.95. The molecule has 2 aliphatic rings. The van der Waals surface area contributed by atoms with E-state index in [0.29, 0.717) is 13.0 Å². The first-order chi connectivity index (χ1) is 12.2. The van der Waals surface area contributed by atoms with E-state index in [4.69, 9.17) is 0 Å². The van der Waals surface area contributed by atoms with Crippen LogP contribution in [0, 0.1) is 11.8 Å². The number of hydrogen-bond acceptors (Lipinski definition) is 2. The standard InChI is InChI=1S/C21H22N2O2/c24-20(22-14-15-7-2-1-3-8-15)17-13-18(17)21(25)23-12-6-10-16-9-4-5-11-19(16)23/h1-5,7-9,11,17-18H,6,10,12-14H2,(H,22,24). The van der Waals surface area contributed by atoms with Crippen LogP contribution in [-0.4, -0.2) is 18.4 Å². The number of aryl methyl sites for hydroxylation is 1. The molecule has 0 saturated heterocycles. The number of para-hydroxylation sites is 1. The van der Waals surface area contributed by atoms with Gasteiger partial charge < -0.3 is 10.2 Å². The van der Waals surface area contributed by atoms with Gasteiger partial charge in [0.1, 0.15) is 0 Å². The molecule has 0 radical (unpaired) electrons. The minimum absolute atomic E-state index is 0.00695. The second kappa shape index (κ2) is 6.71. The summed E-state index contributed by atoms with van der Waals surface area (Å²) >= 11 is 0. The summed E-state index contributed by atoms with van der Waals surface area (Å²) in [5.74, 6) is -0.244. The third kappa shape index (κ3) is 3.29. The van der Waals surface area contributed by atoms with E-state index in [2.05, 4.69) is 11.4 Å². The maximum absolute atomic E-state index is 12.9. The number of carbonyl (C=O) groups excluding carboxylic acids is 2. The third-order valence-corrected chi connectivity index (χ3v) is 5.13. The molecule has 0 spiro atoms. The summed E-state index contributed by atoms with van der Waals surface area (Å²) in [6.07, 6.45) is 2.67. The normalized spacial score (nSPS) is 21.4. The fourth-order valence-electron chi connectivity index (χ4n) is 3.64. The van der Waals surface area contributed by atoms with E-state index >= 15 is 0 Å². The Kier molecular flexibility index (Phi) is 4.26. The van der Waals surface area contributed by atoms with Crippen molar-refractivity contribution in [3.8, 4) is 0 Å². The Hall–Kier alpha value is -2.62. The Labute approximate surface area is 147 Å². The predicted molar refractivity (Wildman–Crippen MR) is 97.0 cm³/mol. The summed E-state index contributed by atoms with van der Waals surface area (Å²) < 4.78 is 0. The van der Waals surface area contributed by atoms with Crippen LogP contribution in [0.5, 0.6) is 0 Å². The molecule has 1 heterocycles. The highest BCUT2D eigenvalue weighted by atomic mass is 16.2. The zero-order valence-electron chi connectivity index (χ0n) is 14.2. The summed E-state index contributed by atoms with van der Waals surface area (Å²) in [6.45, 7) is 1.27. The Morgan fingerprint density at radius 1 is 1.00 bits per heavy atom. The van der Waals surface area contributed by atoms with Gasteiger partial charge in [0.05, 0.1) is 11.8 Å². The lowest BCUT2D eigenvalue weighted by Gasteiger charge is -2.29. The molecule has 2 atom stereocenters. The van der Waals surface area contributed by atoms with Crippen LogP contribution >= 0.6 is 0 Å². The molecule has 4 heteroatoms. The number of nitrogens with one attached hydrogen (secondary N) is 1. The van der Waals surface area contributed by atoms with E-state index in [1.54, 1.807) is 0 Å². The zero-order chi connectivity index (χ0) is 17.2. The lowest BCUT2D eigenvalue weighted by Crippen LogP contribution is -2.37. The highest BCUT2D eigenvalue weighted by Crippen LogP contribution is 2.42. The molecule has 0 aromatic heterocycles. The molecule has 25 heavy (non-hydrogen) atoms. The quantitative estimate of drug-likeness (QED) is 0.935. The van der Waals surface area contributed by atoms with Crippen molar-refractivity contribution in [2.75, 3.05) is 11.4 Å². The minimum Gasteiger partial charge on any atom is -0.352 e. The van der Waals surface area contributed by atoms with E-state index in [9.17, 15) is 9.59 Å². The third-order valence-electron chi connectivity index (χ3n) is 5.13. The van der Waals surface area contributed by atoms with Crippen molar-refractivity contribution >= 4 is 17.5 Å². The first kappa shape index (κ1) is 15.9. The van der Waals surface area contributed by atoms with E-state index in [-0.39, 0.29) is 23.7 Å². The van der Waals surface area contributed by atoms with E-state index in [1.807, 2.05) is 53.4 Å². The van der Waals surface area contributed by atoms with Crippen LogP contribution in [0.25, 0.3) is 0 Å². The molecule has 1 fully saturated rings. The van der Waals surface area contributed by atoms with Gasteiger partial charge in [0.2, 0.25) is 11.8 Å². The second-order valence-electron chi connectivity index (χ2n) is 6.87. The molecule has 2 unspecified atom stereocenters. The zero-order valence-corrected chi connectivity index (χ0v) is 14.2. The van der Waals surface area contributed by atoms with E-state index < -0.39 is 0 Å². The van der Waals surface area contributed by atoms with E-state index in [0.717, 1.165) is 30.6 Å². The number of carbonyl (C=O) groups is 2. The van der Waals surface area contributed by atoms with Crippen molar-refractivity contribution in [2.45, 2.75) is 25.8 Å². The highest BCUT2D eigenvalue weighted by molar-refractivity contribution is 6.01. The molecule has 4 nitrogen and oxygen atoms in total. The average molecular weight is 334 g/mol. The Balaban J connectivity index is 1.37. The second-order valence-corrected chi connectivity index (χ2v) is 6.87. The number of anilines is 1. The van der Waals surface area contributed by atoms with Crippen LogP contribution in [0.3, 0.4) is 0 Å². The summed E-state index contributed by atoms with van der Waals surface area (Å²) in [6, 6.07) is 17.9.